The minimum absolute atomic E-state index is 0.156. The summed E-state index contributed by atoms with van der Waals surface area (Å²) in [4.78, 5) is 32.1. The fraction of sp³-hybridized carbons (Fsp3) is 0.281. The number of benzene rings is 8. The molecule has 4 N–H and O–H groups in total. The van der Waals surface area contributed by atoms with Gasteiger partial charge in [0, 0.05) is 24.7 Å². The van der Waals surface area contributed by atoms with Crippen LogP contribution in [0.15, 0.2) is 182 Å². The van der Waals surface area contributed by atoms with Crippen LogP contribution in [0.3, 0.4) is 0 Å². The highest BCUT2D eigenvalue weighted by Gasteiger charge is 2.53. The molecule has 9 rings (SSSR count). The molecule has 1 fully saturated rings. The lowest BCUT2D eigenvalue weighted by Crippen LogP contribution is -2.61. The minimum Gasteiger partial charge on any atom is -0.387 e. The molecule has 8 aromatic carbocycles. The monoisotopic (exact) mass is 927 g/mol. The molecule has 0 aromatic heterocycles. The zero-order valence-electron chi connectivity index (χ0n) is 41.1. The molecule has 4 atom stereocenters. The number of aliphatic hydroxyl groups is 2. The number of rotatable bonds is 16. The van der Waals surface area contributed by atoms with Gasteiger partial charge >= 0.3 is 0 Å². The Morgan fingerprint density at radius 3 is 1.24 bits per heavy atom. The van der Waals surface area contributed by atoms with E-state index < -0.39 is 40.3 Å². The van der Waals surface area contributed by atoms with Gasteiger partial charge in [0.25, 0.3) is 0 Å². The van der Waals surface area contributed by atoms with E-state index in [1.807, 2.05) is 50.2 Å². The van der Waals surface area contributed by atoms with E-state index in [-0.39, 0.29) is 25.9 Å². The lowest BCUT2D eigenvalue weighted by molar-refractivity contribution is -0.159. The van der Waals surface area contributed by atoms with E-state index in [2.05, 4.69) is 159 Å². The van der Waals surface area contributed by atoms with Crippen LogP contribution in [0, 0.1) is 33.1 Å². The summed E-state index contributed by atoms with van der Waals surface area (Å²) in [6.07, 6.45) is 3.10. The molecule has 0 radical (unpaired) electrons. The van der Waals surface area contributed by atoms with Crippen molar-refractivity contribution in [3.05, 3.63) is 238 Å². The Kier molecular flexibility index (Phi) is 13.9. The van der Waals surface area contributed by atoms with Gasteiger partial charge in [0.15, 0.2) is 0 Å². The number of fused-ring (bicyclic) bond motifs is 2. The van der Waals surface area contributed by atoms with Gasteiger partial charge in [-0.3, -0.25) is 9.59 Å². The largest absolute Gasteiger partial charge is 0.387 e. The second kappa shape index (κ2) is 20.2. The molecule has 1 aliphatic carbocycles. The molecule has 2 amide bonds. The van der Waals surface area contributed by atoms with Crippen LogP contribution in [0.5, 0.6) is 0 Å². The molecule has 1 aliphatic rings. The second-order valence-electron chi connectivity index (χ2n) is 20.5. The predicted octanol–water partition coefficient (Wildman–Crippen LogP) is 12.4. The first kappa shape index (κ1) is 48.2. The fourth-order valence-electron chi connectivity index (χ4n) is 11.6. The number of nitrogens with two attached hydrogens (primary N) is 1. The first-order valence-corrected chi connectivity index (χ1v) is 25.0. The molecule has 0 bridgehead atoms. The molecule has 0 spiro atoms. The van der Waals surface area contributed by atoms with Gasteiger partial charge < -0.3 is 20.8 Å². The van der Waals surface area contributed by atoms with E-state index >= 15 is 4.79 Å². The molecule has 0 heterocycles. The Balaban J connectivity index is 1.31. The predicted molar refractivity (Wildman–Crippen MR) is 285 cm³/mol. The molecule has 0 saturated heterocycles. The summed E-state index contributed by atoms with van der Waals surface area (Å²) < 4.78 is 0. The quantitative estimate of drug-likeness (QED) is 0.0840. The Morgan fingerprint density at radius 2 is 0.857 bits per heavy atom. The number of primary amides is 1. The number of amides is 2. The van der Waals surface area contributed by atoms with Crippen LogP contribution >= 0.6 is 0 Å². The number of carbonyl (C=O) groups is 2. The third-order valence-electron chi connectivity index (χ3n) is 15.2. The number of hydrogen-bond acceptors (Lipinski definition) is 4. The van der Waals surface area contributed by atoms with Crippen molar-refractivity contribution < 1.29 is 19.8 Å². The van der Waals surface area contributed by atoms with Gasteiger partial charge in [0.1, 0.15) is 5.41 Å². The SMILES string of the molecule is Cc1ccc(CC(O)(CN(CC(O)(Cc2ccc(C)cc2)C(c2ccc(C)cc2)c2cccc3ccccc23)C(=O)C2(C(N)=O)CCCCC2)C(c2ccc(C)cc2)c2cccc3ccccc23)cc1. The van der Waals surface area contributed by atoms with Gasteiger partial charge in [-0.15, -0.1) is 0 Å². The van der Waals surface area contributed by atoms with E-state index in [9.17, 15) is 15.0 Å². The summed E-state index contributed by atoms with van der Waals surface area (Å²) in [7, 11) is 0. The first-order valence-electron chi connectivity index (χ1n) is 25.0. The van der Waals surface area contributed by atoms with Crippen LogP contribution in [-0.4, -0.2) is 51.2 Å². The summed E-state index contributed by atoms with van der Waals surface area (Å²) in [5, 5.41) is 32.9. The highest BCUT2D eigenvalue weighted by molar-refractivity contribution is 6.04. The fourth-order valence-corrected chi connectivity index (χ4v) is 11.6. The summed E-state index contributed by atoms with van der Waals surface area (Å²) in [5.41, 5.74) is 11.2. The van der Waals surface area contributed by atoms with Crippen LogP contribution < -0.4 is 5.73 Å². The number of nitrogens with zero attached hydrogens (tertiary/aromatic N) is 1. The Hall–Kier alpha value is -6.86. The maximum Gasteiger partial charge on any atom is 0.238 e. The standard InChI is InChI=1S/C64H66N2O4/c1-44-22-30-48(31-23-44)40-63(69,58(52-34-26-46(3)27-35-52)56-20-12-16-50-14-6-8-18-54(50)56)42-66(61(68)62(60(65)67)38-10-5-11-39-62)43-64(70,41-49-32-24-45(2)25-33-49)59(53-36-28-47(4)29-37-53)57-21-13-17-51-15-7-9-19-55(51)57/h6-9,12-37,58-59,69-70H,5,10-11,38-43H2,1-4H3,(H2,65,67). The molecular weight excluding hydrogens is 861 g/mol. The van der Waals surface area contributed by atoms with Crippen molar-refractivity contribution in [1.82, 2.24) is 4.90 Å². The van der Waals surface area contributed by atoms with Crippen LogP contribution in [0.2, 0.25) is 0 Å². The van der Waals surface area contributed by atoms with E-state index in [0.29, 0.717) is 25.7 Å². The number of carbonyl (C=O) groups excluding carboxylic acids is 2. The minimum atomic E-state index is -1.72. The highest BCUT2D eigenvalue weighted by atomic mass is 16.3. The second-order valence-corrected chi connectivity index (χ2v) is 20.5. The van der Waals surface area contributed by atoms with Crippen LogP contribution in [0.1, 0.15) is 99.6 Å². The van der Waals surface area contributed by atoms with Crippen LogP contribution in [0.4, 0.5) is 0 Å². The van der Waals surface area contributed by atoms with Gasteiger partial charge in [-0.25, -0.2) is 0 Å². The number of aryl methyl sites for hydroxylation is 4. The van der Waals surface area contributed by atoms with Crippen molar-refractivity contribution in [3.63, 3.8) is 0 Å². The van der Waals surface area contributed by atoms with E-state index in [4.69, 9.17) is 5.73 Å². The maximum atomic E-state index is 16.3. The van der Waals surface area contributed by atoms with Crippen molar-refractivity contribution in [1.29, 1.82) is 0 Å². The van der Waals surface area contributed by atoms with Crippen molar-refractivity contribution >= 4 is 33.4 Å². The molecule has 4 unspecified atom stereocenters. The smallest absolute Gasteiger partial charge is 0.238 e. The van der Waals surface area contributed by atoms with Crippen LogP contribution in [-0.2, 0) is 22.4 Å². The van der Waals surface area contributed by atoms with Crippen molar-refractivity contribution in [2.45, 2.75) is 95.7 Å². The van der Waals surface area contributed by atoms with E-state index in [1.54, 1.807) is 4.90 Å². The van der Waals surface area contributed by atoms with Gasteiger partial charge in [-0.05, 0) is 95.5 Å². The summed E-state index contributed by atoms with van der Waals surface area (Å²) in [5.74, 6) is -2.48. The van der Waals surface area contributed by atoms with Crippen LogP contribution in [0.25, 0.3) is 21.5 Å². The van der Waals surface area contributed by atoms with Gasteiger partial charge in [-0.1, -0.05) is 224 Å². The Labute approximate surface area is 413 Å². The van der Waals surface area contributed by atoms with Gasteiger partial charge in [-0.2, -0.15) is 0 Å². The van der Waals surface area contributed by atoms with Crippen molar-refractivity contribution in [2.24, 2.45) is 11.1 Å². The first-order chi connectivity index (χ1) is 33.7. The lowest BCUT2D eigenvalue weighted by atomic mass is 9.69. The maximum absolute atomic E-state index is 16.3. The summed E-state index contributed by atoms with van der Waals surface area (Å²) in [6.45, 7) is 7.76. The average Bonchev–Trinajstić information content (AvgIpc) is 3.36. The zero-order chi connectivity index (χ0) is 49.0. The molecule has 1 saturated carbocycles. The Morgan fingerprint density at radius 1 is 0.500 bits per heavy atom. The highest BCUT2D eigenvalue weighted by Crippen LogP contribution is 2.47. The summed E-state index contributed by atoms with van der Waals surface area (Å²) in [6, 6.07) is 61.9. The van der Waals surface area contributed by atoms with E-state index in [0.717, 1.165) is 83.6 Å². The topological polar surface area (TPSA) is 104 Å². The normalized spacial score (nSPS) is 16.2. The molecular formula is C64H66N2O4. The van der Waals surface area contributed by atoms with Gasteiger partial charge in [0.2, 0.25) is 11.8 Å². The molecule has 356 valence electrons. The van der Waals surface area contributed by atoms with E-state index in [1.165, 1.54) is 0 Å². The summed E-state index contributed by atoms with van der Waals surface area (Å²) >= 11 is 0. The molecule has 8 aromatic rings. The van der Waals surface area contributed by atoms with Gasteiger partial charge in [0.05, 0.1) is 24.3 Å². The molecule has 6 nitrogen and oxygen atoms in total. The Bertz CT molecular complexity index is 2900. The molecule has 6 heteroatoms. The average molecular weight is 927 g/mol. The third-order valence-corrected chi connectivity index (χ3v) is 15.2. The molecule has 0 aliphatic heterocycles. The number of hydrogen-bond donors (Lipinski definition) is 3. The third kappa shape index (κ3) is 9.94. The zero-order valence-corrected chi connectivity index (χ0v) is 41.1. The molecule has 70 heavy (non-hydrogen) atoms. The lowest BCUT2D eigenvalue weighted by Gasteiger charge is -2.48. The van der Waals surface area contributed by atoms with Crippen molar-refractivity contribution in [2.75, 3.05) is 13.1 Å². The van der Waals surface area contributed by atoms with Crippen molar-refractivity contribution in [3.8, 4) is 0 Å².